The van der Waals surface area contributed by atoms with Gasteiger partial charge in [0.2, 0.25) is 11.8 Å². The number of nitrogens with one attached hydrogen (secondary N) is 1. The van der Waals surface area contributed by atoms with Gasteiger partial charge < -0.3 is 9.84 Å². The quantitative estimate of drug-likeness (QED) is 0.535. The standard InChI is InChI=1S/C28H26N2O5/c1-17-12-14-19(15-13-17)24-22-23(28(29-24,27(33)34)16-18-8-4-3-5-9-18)26(32)30(25(22)31)20-10-6-7-11-21(20)35-2/h3-15,22-24,29H,16H2,1-2H3,(H,33,34)/t22-,23-,24-,28-/m0/s1. The van der Waals surface area contributed by atoms with Gasteiger partial charge in [-0.05, 0) is 30.2 Å². The molecule has 0 aliphatic carbocycles. The van der Waals surface area contributed by atoms with Crippen molar-refractivity contribution >= 4 is 23.5 Å². The van der Waals surface area contributed by atoms with Crippen LogP contribution in [0, 0.1) is 18.8 Å². The number of hydrogen-bond donors (Lipinski definition) is 2. The molecule has 0 saturated carbocycles. The number of anilines is 1. The van der Waals surface area contributed by atoms with E-state index >= 15 is 0 Å². The second kappa shape index (κ2) is 8.67. The number of imide groups is 1. The maximum absolute atomic E-state index is 14.0. The summed E-state index contributed by atoms with van der Waals surface area (Å²) in [5, 5.41) is 13.8. The zero-order valence-electron chi connectivity index (χ0n) is 19.5. The van der Waals surface area contributed by atoms with Crippen LogP contribution < -0.4 is 15.0 Å². The highest BCUT2D eigenvalue weighted by atomic mass is 16.5. The summed E-state index contributed by atoms with van der Waals surface area (Å²) in [5.74, 6) is -3.73. The number of aryl methyl sites for hydroxylation is 1. The summed E-state index contributed by atoms with van der Waals surface area (Å²) in [5.41, 5.74) is 1.24. The molecule has 4 atom stereocenters. The molecule has 35 heavy (non-hydrogen) atoms. The number of benzene rings is 3. The molecule has 5 rings (SSSR count). The average molecular weight is 471 g/mol. The Bertz CT molecular complexity index is 1290. The molecular formula is C28H26N2O5. The first kappa shape index (κ1) is 22.8. The maximum Gasteiger partial charge on any atom is 0.325 e. The van der Waals surface area contributed by atoms with Crippen LogP contribution in [0.25, 0.3) is 0 Å². The highest BCUT2D eigenvalue weighted by Crippen LogP contribution is 2.51. The first-order valence-corrected chi connectivity index (χ1v) is 11.5. The van der Waals surface area contributed by atoms with E-state index in [9.17, 15) is 19.5 Å². The van der Waals surface area contributed by atoms with Gasteiger partial charge in [0, 0.05) is 12.5 Å². The number of nitrogens with zero attached hydrogens (tertiary/aromatic N) is 1. The van der Waals surface area contributed by atoms with Gasteiger partial charge in [0.05, 0.1) is 24.6 Å². The number of carboxylic acids is 1. The number of hydrogen-bond acceptors (Lipinski definition) is 5. The number of ether oxygens (including phenoxy) is 1. The number of aliphatic carboxylic acids is 1. The highest BCUT2D eigenvalue weighted by molar-refractivity contribution is 6.24. The Morgan fingerprint density at radius 3 is 2.29 bits per heavy atom. The molecular weight excluding hydrogens is 444 g/mol. The summed E-state index contributed by atoms with van der Waals surface area (Å²) in [4.78, 5) is 41.9. The minimum Gasteiger partial charge on any atom is -0.495 e. The van der Waals surface area contributed by atoms with E-state index in [2.05, 4.69) is 5.32 Å². The molecule has 0 aromatic heterocycles. The van der Waals surface area contributed by atoms with Crippen LogP contribution in [0.1, 0.15) is 22.7 Å². The molecule has 178 valence electrons. The number of carbonyl (C=O) groups excluding carboxylic acids is 2. The van der Waals surface area contributed by atoms with Crippen molar-refractivity contribution in [1.29, 1.82) is 0 Å². The molecule has 7 nitrogen and oxygen atoms in total. The monoisotopic (exact) mass is 470 g/mol. The second-order valence-electron chi connectivity index (χ2n) is 9.16. The van der Waals surface area contributed by atoms with Crippen molar-refractivity contribution in [3.63, 3.8) is 0 Å². The maximum atomic E-state index is 14.0. The van der Waals surface area contributed by atoms with E-state index < -0.39 is 41.2 Å². The Morgan fingerprint density at radius 1 is 0.971 bits per heavy atom. The number of carboxylic acid groups (broad SMARTS) is 1. The van der Waals surface area contributed by atoms with Crippen LogP contribution in [0.2, 0.25) is 0 Å². The lowest BCUT2D eigenvalue weighted by molar-refractivity contribution is -0.148. The largest absolute Gasteiger partial charge is 0.495 e. The molecule has 3 aromatic carbocycles. The number of amides is 2. The first-order valence-electron chi connectivity index (χ1n) is 11.5. The summed E-state index contributed by atoms with van der Waals surface area (Å²) in [7, 11) is 1.47. The summed E-state index contributed by atoms with van der Waals surface area (Å²) in [6.07, 6.45) is 0.0610. The number of rotatable bonds is 6. The number of fused-ring (bicyclic) bond motifs is 1. The van der Waals surface area contributed by atoms with Crippen molar-refractivity contribution < 1.29 is 24.2 Å². The summed E-state index contributed by atoms with van der Waals surface area (Å²) in [6.45, 7) is 1.96. The van der Waals surface area contributed by atoms with Crippen LogP contribution in [0.5, 0.6) is 5.75 Å². The second-order valence-corrected chi connectivity index (χ2v) is 9.16. The van der Waals surface area contributed by atoms with Crippen LogP contribution in [0.15, 0.2) is 78.9 Å². The van der Waals surface area contributed by atoms with E-state index in [1.165, 1.54) is 7.11 Å². The molecule has 2 N–H and O–H groups in total. The van der Waals surface area contributed by atoms with Gasteiger partial charge in [-0.2, -0.15) is 0 Å². The SMILES string of the molecule is COc1ccccc1N1C(=O)[C@H]2[C@@H](C1=O)[C@@](Cc1ccccc1)(C(=O)O)N[C@H]2c1ccc(C)cc1. The molecule has 2 amide bonds. The van der Waals surface area contributed by atoms with Gasteiger partial charge in [0.15, 0.2) is 0 Å². The minimum atomic E-state index is -1.66. The lowest BCUT2D eigenvalue weighted by Crippen LogP contribution is -2.57. The van der Waals surface area contributed by atoms with Crippen molar-refractivity contribution in [2.75, 3.05) is 12.0 Å². The van der Waals surface area contributed by atoms with Crippen LogP contribution in [0.3, 0.4) is 0 Å². The molecule has 2 aliphatic heterocycles. The van der Waals surface area contributed by atoms with E-state index in [1.807, 2.05) is 61.5 Å². The van der Waals surface area contributed by atoms with E-state index in [4.69, 9.17) is 4.74 Å². The van der Waals surface area contributed by atoms with Crippen molar-refractivity contribution in [2.24, 2.45) is 11.8 Å². The van der Waals surface area contributed by atoms with E-state index in [0.717, 1.165) is 21.6 Å². The minimum absolute atomic E-state index is 0.0610. The van der Waals surface area contributed by atoms with Crippen LogP contribution in [0.4, 0.5) is 5.69 Å². The molecule has 2 heterocycles. The number of para-hydroxylation sites is 2. The predicted molar refractivity (Wildman–Crippen MR) is 130 cm³/mol. The summed E-state index contributed by atoms with van der Waals surface area (Å²) in [6, 6.07) is 22.9. The Hall–Kier alpha value is -3.97. The van der Waals surface area contributed by atoms with Crippen LogP contribution >= 0.6 is 0 Å². The van der Waals surface area contributed by atoms with Gasteiger partial charge >= 0.3 is 5.97 Å². The zero-order valence-corrected chi connectivity index (χ0v) is 19.5. The highest BCUT2D eigenvalue weighted by Gasteiger charge is 2.68. The summed E-state index contributed by atoms with van der Waals surface area (Å²) >= 11 is 0. The van der Waals surface area contributed by atoms with Gasteiger partial charge in [-0.25, -0.2) is 4.90 Å². The fourth-order valence-electron chi connectivity index (χ4n) is 5.47. The van der Waals surface area contributed by atoms with Crippen LogP contribution in [-0.4, -0.2) is 35.5 Å². The zero-order chi connectivity index (χ0) is 24.7. The normalized spacial score (nSPS) is 25.5. The number of methoxy groups -OCH3 is 1. The van der Waals surface area contributed by atoms with E-state index in [-0.39, 0.29) is 6.42 Å². The van der Waals surface area contributed by atoms with Crippen molar-refractivity contribution in [2.45, 2.75) is 24.9 Å². The van der Waals surface area contributed by atoms with Gasteiger partial charge in [0.1, 0.15) is 11.3 Å². The van der Waals surface area contributed by atoms with E-state index in [0.29, 0.717) is 11.4 Å². The molecule has 0 unspecified atom stereocenters. The molecule has 0 radical (unpaired) electrons. The van der Waals surface area contributed by atoms with Gasteiger partial charge in [-0.3, -0.25) is 19.7 Å². The van der Waals surface area contributed by atoms with Gasteiger partial charge in [-0.1, -0.05) is 72.3 Å². The smallest absolute Gasteiger partial charge is 0.325 e. The number of carbonyl (C=O) groups is 3. The molecule has 3 aromatic rings. The van der Waals surface area contributed by atoms with Crippen molar-refractivity contribution in [3.8, 4) is 5.75 Å². The molecule has 0 bridgehead atoms. The Balaban J connectivity index is 1.67. The molecule has 2 saturated heterocycles. The fraction of sp³-hybridized carbons (Fsp3) is 0.250. The summed E-state index contributed by atoms with van der Waals surface area (Å²) < 4.78 is 5.42. The Labute approximate surface area is 203 Å². The lowest BCUT2D eigenvalue weighted by Gasteiger charge is -2.31. The third kappa shape index (κ3) is 3.59. The average Bonchev–Trinajstić information content (AvgIpc) is 3.34. The molecule has 2 fully saturated rings. The van der Waals surface area contributed by atoms with Gasteiger partial charge in [-0.15, -0.1) is 0 Å². The third-order valence-electron chi connectivity index (χ3n) is 7.12. The Morgan fingerprint density at radius 2 is 1.63 bits per heavy atom. The Kier molecular flexibility index (Phi) is 5.65. The third-order valence-corrected chi connectivity index (χ3v) is 7.12. The molecule has 7 heteroatoms. The van der Waals surface area contributed by atoms with Gasteiger partial charge in [0.25, 0.3) is 0 Å². The topological polar surface area (TPSA) is 95.9 Å². The first-order chi connectivity index (χ1) is 16.9. The van der Waals surface area contributed by atoms with Crippen molar-refractivity contribution in [3.05, 3.63) is 95.6 Å². The van der Waals surface area contributed by atoms with Crippen molar-refractivity contribution in [1.82, 2.24) is 5.32 Å². The van der Waals surface area contributed by atoms with Crippen LogP contribution in [-0.2, 0) is 20.8 Å². The molecule has 0 spiro atoms. The van der Waals surface area contributed by atoms with E-state index in [1.54, 1.807) is 24.3 Å². The fourth-order valence-corrected chi connectivity index (χ4v) is 5.47. The predicted octanol–water partition coefficient (Wildman–Crippen LogP) is 3.52. The molecule has 2 aliphatic rings. The lowest BCUT2D eigenvalue weighted by atomic mass is 9.76.